The van der Waals surface area contributed by atoms with Crippen molar-refractivity contribution in [2.75, 3.05) is 25.1 Å². The summed E-state index contributed by atoms with van der Waals surface area (Å²) in [7, 11) is 0. The molecule has 1 saturated heterocycles. The van der Waals surface area contributed by atoms with Crippen LogP contribution in [0.5, 0.6) is 11.5 Å². The number of nitrogens with one attached hydrogen (secondary N) is 2. The summed E-state index contributed by atoms with van der Waals surface area (Å²) in [4.78, 5) is 0. The minimum atomic E-state index is 0.212. The summed E-state index contributed by atoms with van der Waals surface area (Å²) in [5.41, 5.74) is 1.33. The second-order valence-electron chi connectivity index (χ2n) is 6.00. The molecule has 4 nitrogen and oxygen atoms in total. The van der Waals surface area contributed by atoms with Crippen molar-refractivity contribution in [2.45, 2.75) is 38.3 Å². The van der Waals surface area contributed by atoms with Crippen LogP contribution in [0.15, 0.2) is 18.2 Å². The summed E-state index contributed by atoms with van der Waals surface area (Å²) in [5, 5.41) is 7.15. The molecule has 0 aromatic heterocycles. The lowest BCUT2D eigenvalue weighted by atomic mass is 9.89. The largest absolute Gasteiger partial charge is 0.486 e. The predicted octanol–water partition coefficient (Wildman–Crippen LogP) is 2.40. The van der Waals surface area contributed by atoms with Crippen LogP contribution in [0.1, 0.15) is 26.7 Å². The average Bonchev–Trinajstić information content (AvgIpc) is 2.37. The van der Waals surface area contributed by atoms with Gasteiger partial charge in [0.05, 0.1) is 0 Å². The Morgan fingerprint density at radius 1 is 1.21 bits per heavy atom. The fraction of sp³-hybridized carbons (Fsp3) is 0.600. The molecule has 2 aliphatic rings. The van der Waals surface area contributed by atoms with Crippen molar-refractivity contribution in [1.82, 2.24) is 5.32 Å². The summed E-state index contributed by atoms with van der Waals surface area (Å²) in [5.74, 6) is 1.70. The summed E-state index contributed by atoms with van der Waals surface area (Å²) in [6.07, 6.45) is 2.28. The third-order valence-corrected chi connectivity index (χ3v) is 3.77. The van der Waals surface area contributed by atoms with Gasteiger partial charge in [-0.05, 0) is 45.4 Å². The molecule has 104 valence electrons. The van der Waals surface area contributed by atoms with Gasteiger partial charge in [0.1, 0.15) is 13.2 Å². The molecular weight excluding hydrogens is 240 g/mol. The normalized spacial score (nSPS) is 24.8. The minimum absolute atomic E-state index is 0.212. The van der Waals surface area contributed by atoms with Gasteiger partial charge in [0, 0.05) is 23.3 Å². The number of rotatable bonds is 2. The van der Waals surface area contributed by atoms with E-state index in [1.165, 1.54) is 0 Å². The van der Waals surface area contributed by atoms with Gasteiger partial charge in [-0.15, -0.1) is 0 Å². The topological polar surface area (TPSA) is 42.5 Å². The van der Waals surface area contributed by atoms with E-state index in [0.717, 1.165) is 36.6 Å². The number of hydrogen-bond donors (Lipinski definition) is 2. The summed E-state index contributed by atoms with van der Waals surface area (Å²) in [6, 6.07) is 6.62. The Balaban J connectivity index is 1.69. The number of ether oxygens (including phenoxy) is 2. The van der Waals surface area contributed by atoms with Crippen LogP contribution >= 0.6 is 0 Å². The Hall–Kier alpha value is -1.42. The van der Waals surface area contributed by atoms with Crippen LogP contribution in [-0.4, -0.2) is 31.3 Å². The minimum Gasteiger partial charge on any atom is -0.486 e. The molecule has 1 aromatic rings. The predicted molar refractivity (Wildman–Crippen MR) is 76.2 cm³/mol. The first-order valence-electron chi connectivity index (χ1n) is 7.04. The Bertz CT molecular complexity index is 459. The van der Waals surface area contributed by atoms with Crippen molar-refractivity contribution in [3.63, 3.8) is 0 Å². The van der Waals surface area contributed by atoms with Crippen LogP contribution in [0.4, 0.5) is 5.69 Å². The lowest BCUT2D eigenvalue weighted by Gasteiger charge is -2.37. The van der Waals surface area contributed by atoms with Crippen LogP contribution in [0, 0.1) is 0 Å². The first kappa shape index (κ1) is 12.6. The van der Waals surface area contributed by atoms with Crippen molar-refractivity contribution in [3.05, 3.63) is 18.2 Å². The lowest BCUT2D eigenvalue weighted by Crippen LogP contribution is -2.50. The zero-order valence-corrected chi connectivity index (χ0v) is 11.7. The van der Waals surface area contributed by atoms with Gasteiger partial charge in [0.2, 0.25) is 0 Å². The summed E-state index contributed by atoms with van der Waals surface area (Å²) in [6.45, 7) is 6.85. The van der Waals surface area contributed by atoms with E-state index in [1.807, 2.05) is 12.1 Å². The zero-order valence-electron chi connectivity index (χ0n) is 11.7. The van der Waals surface area contributed by atoms with Crippen LogP contribution in [0.3, 0.4) is 0 Å². The number of benzene rings is 1. The molecule has 1 unspecified atom stereocenters. The van der Waals surface area contributed by atoms with Gasteiger partial charge in [-0.1, -0.05) is 0 Å². The number of hydrogen-bond acceptors (Lipinski definition) is 4. The van der Waals surface area contributed by atoms with E-state index in [0.29, 0.717) is 19.3 Å². The quantitative estimate of drug-likeness (QED) is 0.859. The van der Waals surface area contributed by atoms with E-state index in [2.05, 4.69) is 30.5 Å². The van der Waals surface area contributed by atoms with Crippen LogP contribution in [-0.2, 0) is 0 Å². The van der Waals surface area contributed by atoms with Gasteiger partial charge in [-0.25, -0.2) is 0 Å². The molecule has 0 bridgehead atoms. The smallest absolute Gasteiger partial charge is 0.163 e. The van der Waals surface area contributed by atoms with Crippen LogP contribution in [0.2, 0.25) is 0 Å². The zero-order chi connectivity index (χ0) is 13.3. The maximum absolute atomic E-state index is 5.62. The Morgan fingerprint density at radius 2 is 2.00 bits per heavy atom. The standard InChI is InChI=1S/C15H22N2O2/c1-15(2)10-12(5-6-16-15)17-11-3-4-13-14(9-11)19-8-7-18-13/h3-4,9,12,16-17H,5-8,10H2,1-2H3. The maximum atomic E-state index is 5.62. The first-order chi connectivity index (χ1) is 9.12. The van der Waals surface area contributed by atoms with Crippen LogP contribution < -0.4 is 20.1 Å². The molecule has 2 aliphatic heterocycles. The van der Waals surface area contributed by atoms with E-state index in [-0.39, 0.29) is 5.54 Å². The second-order valence-corrected chi connectivity index (χ2v) is 6.00. The molecule has 0 spiro atoms. The molecule has 1 fully saturated rings. The number of piperidine rings is 1. The van der Waals surface area contributed by atoms with Crippen LogP contribution in [0.25, 0.3) is 0 Å². The molecule has 19 heavy (non-hydrogen) atoms. The van der Waals surface area contributed by atoms with E-state index in [4.69, 9.17) is 9.47 Å². The van der Waals surface area contributed by atoms with Gasteiger partial charge in [0.15, 0.2) is 11.5 Å². The molecule has 0 amide bonds. The van der Waals surface area contributed by atoms with E-state index < -0.39 is 0 Å². The van der Waals surface area contributed by atoms with E-state index >= 15 is 0 Å². The van der Waals surface area contributed by atoms with Crippen molar-refractivity contribution in [1.29, 1.82) is 0 Å². The molecule has 0 aliphatic carbocycles. The lowest BCUT2D eigenvalue weighted by molar-refractivity contribution is 0.171. The molecule has 3 rings (SSSR count). The number of anilines is 1. The molecule has 2 N–H and O–H groups in total. The third-order valence-electron chi connectivity index (χ3n) is 3.77. The van der Waals surface area contributed by atoms with Gasteiger partial charge in [0.25, 0.3) is 0 Å². The monoisotopic (exact) mass is 262 g/mol. The fourth-order valence-corrected chi connectivity index (χ4v) is 2.87. The van der Waals surface area contributed by atoms with Crippen molar-refractivity contribution in [3.8, 4) is 11.5 Å². The summed E-state index contributed by atoms with van der Waals surface area (Å²) < 4.78 is 11.2. The molecule has 4 heteroatoms. The van der Waals surface area contributed by atoms with E-state index in [9.17, 15) is 0 Å². The highest BCUT2D eigenvalue weighted by Crippen LogP contribution is 2.33. The molecule has 1 atom stereocenters. The second kappa shape index (κ2) is 4.93. The number of fused-ring (bicyclic) bond motifs is 1. The third kappa shape index (κ3) is 2.95. The van der Waals surface area contributed by atoms with Gasteiger partial charge in [-0.2, -0.15) is 0 Å². The molecule has 0 saturated carbocycles. The maximum Gasteiger partial charge on any atom is 0.163 e. The molecule has 1 aromatic carbocycles. The SMILES string of the molecule is CC1(C)CC(Nc2ccc3c(c2)OCCO3)CCN1. The molecular formula is C15H22N2O2. The molecule has 2 heterocycles. The fourth-order valence-electron chi connectivity index (χ4n) is 2.87. The van der Waals surface area contributed by atoms with Gasteiger partial charge >= 0.3 is 0 Å². The average molecular weight is 262 g/mol. The highest BCUT2D eigenvalue weighted by Gasteiger charge is 2.27. The van der Waals surface area contributed by atoms with Gasteiger partial charge in [-0.3, -0.25) is 0 Å². The van der Waals surface area contributed by atoms with Crippen molar-refractivity contribution >= 4 is 5.69 Å². The van der Waals surface area contributed by atoms with Crippen molar-refractivity contribution < 1.29 is 9.47 Å². The highest BCUT2D eigenvalue weighted by molar-refractivity contribution is 5.55. The van der Waals surface area contributed by atoms with Gasteiger partial charge < -0.3 is 20.1 Å². The highest BCUT2D eigenvalue weighted by atomic mass is 16.6. The van der Waals surface area contributed by atoms with E-state index in [1.54, 1.807) is 0 Å². The Kier molecular flexibility index (Phi) is 3.27. The summed E-state index contributed by atoms with van der Waals surface area (Å²) >= 11 is 0. The molecule has 0 radical (unpaired) electrons. The van der Waals surface area contributed by atoms with Crippen molar-refractivity contribution in [2.24, 2.45) is 0 Å². The first-order valence-corrected chi connectivity index (χ1v) is 7.04. The Labute approximate surface area is 114 Å². The Morgan fingerprint density at radius 3 is 2.79 bits per heavy atom.